The highest BCUT2D eigenvalue weighted by Gasteiger charge is 2.56. The van der Waals surface area contributed by atoms with E-state index in [-0.39, 0.29) is 17.3 Å². The number of benzene rings is 1. The topological polar surface area (TPSA) is 185 Å². The van der Waals surface area contributed by atoms with Gasteiger partial charge in [0.1, 0.15) is 24.0 Å². The van der Waals surface area contributed by atoms with Gasteiger partial charge >= 0.3 is 13.7 Å². The molecule has 0 bridgehead atoms. The lowest BCUT2D eigenvalue weighted by molar-refractivity contribution is -0.149. The van der Waals surface area contributed by atoms with Crippen LogP contribution in [0, 0.1) is 5.92 Å². The van der Waals surface area contributed by atoms with Gasteiger partial charge in [-0.1, -0.05) is 32.0 Å². The largest absolute Gasteiger partial charge is 0.462 e. The second kappa shape index (κ2) is 13.1. The van der Waals surface area contributed by atoms with Crippen LogP contribution in [0.25, 0.3) is 11.2 Å². The van der Waals surface area contributed by atoms with E-state index < -0.39 is 56.6 Å². The van der Waals surface area contributed by atoms with Crippen LogP contribution in [-0.2, 0) is 23.4 Å². The Morgan fingerprint density at radius 3 is 2.58 bits per heavy atom. The van der Waals surface area contributed by atoms with Gasteiger partial charge in [-0.25, -0.2) is 13.9 Å². The van der Waals surface area contributed by atoms with Crippen molar-refractivity contribution >= 4 is 36.6 Å². The summed E-state index contributed by atoms with van der Waals surface area (Å²) in [6.45, 7) is 10.0. The molecule has 3 aromatic rings. The normalized spacial score (nSPS) is 24.3. The number of rotatable bonds is 13. The number of carbonyl (C=O) groups excluding carboxylic acids is 1. The molecular formula is C27H39FN7O7P. The summed E-state index contributed by atoms with van der Waals surface area (Å²) < 4.78 is 53.6. The highest BCUT2D eigenvalue weighted by atomic mass is 31.2. The minimum Gasteiger partial charge on any atom is -0.462 e. The predicted molar refractivity (Wildman–Crippen MR) is 157 cm³/mol. The average Bonchev–Trinajstić information content (AvgIpc) is 3.43. The maximum atomic E-state index is 16.1. The molecule has 1 unspecified atom stereocenters. The van der Waals surface area contributed by atoms with Crippen LogP contribution >= 0.6 is 7.75 Å². The number of hydrogen-bond donors (Lipinski definition) is 4. The highest BCUT2D eigenvalue weighted by Crippen LogP contribution is 2.48. The van der Waals surface area contributed by atoms with Gasteiger partial charge in [-0.3, -0.25) is 13.9 Å². The molecule has 5 N–H and O–H groups in total. The second-order valence-electron chi connectivity index (χ2n) is 11.2. The van der Waals surface area contributed by atoms with Crippen LogP contribution in [0.5, 0.6) is 5.75 Å². The molecular weight excluding hydrogens is 584 g/mol. The number of ether oxygens (including phenoxy) is 2. The van der Waals surface area contributed by atoms with E-state index >= 15 is 4.39 Å². The van der Waals surface area contributed by atoms with Crippen molar-refractivity contribution < 1.29 is 37.4 Å². The number of nitrogens with one attached hydrogen (secondary N) is 2. The summed E-state index contributed by atoms with van der Waals surface area (Å²) in [7, 11) is -4.29. The summed E-state index contributed by atoms with van der Waals surface area (Å²) >= 11 is 0. The number of halogens is 1. The highest BCUT2D eigenvalue weighted by molar-refractivity contribution is 7.52. The number of aliphatic hydroxyl groups excluding tert-OH is 1. The molecule has 3 heterocycles. The van der Waals surface area contributed by atoms with Crippen LogP contribution < -0.4 is 20.7 Å². The number of hydrogen-bond acceptors (Lipinski definition) is 12. The van der Waals surface area contributed by atoms with E-state index in [1.54, 1.807) is 44.2 Å². The molecule has 0 amide bonds. The average molecular weight is 624 g/mol. The maximum absolute atomic E-state index is 16.1. The third kappa shape index (κ3) is 7.60. The van der Waals surface area contributed by atoms with E-state index in [1.165, 1.54) is 24.7 Å². The Balaban J connectivity index is 1.56. The van der Waals surface area contributed by atoms with Gasteiger partial charge in [0, 0.05) is 6.54 Å². The predicted octanol–water partition coefficient (Wildman–Crippen LogP) is 3.60. The monoisotopic (exact) mass is 623 g/mol. The fraction of sp³-hybridized carbons (Fsp3) is 0.556. The zero-order valence-corrected chi connectivity index (χ0v) is 25.8. The van der Waals surface area contributed by atoms with Gasteiger partial charge in [-0.2, -0.15) is 15.1 Å². The van der Waals surface area contributed by atoms with Crippen LogP contribution in [0.2, 0.25) is 0 Å². The fourth-order valence-electron chi connectivity index (χ4n) is 4.39. The number of aliphatic hydroxyl groups is 1. The third-order valence-electron chi connectivity index (χ3n) is 6.52. The number of nitrogen functional groups attached to an aromatic ring is 1. The Labute approximate surface area is 249 Å². The van der Waals surface area contributed by atoms with Gasteiger partial charge in [0.15, 0.2) is 28.9 Å². The zero-order chi connectivity index (χ0) is 31.5. The quantitative estimate of drug-likeness (QED) is 0.160. The Bertz CT molecular complexity index is 1460. The number of nitrogens with zero attached hydrogens (tertiary/aromatic N) is 4. The Morgan fingerprint density at radius 1 is 1.23 bits per heavy atom. The summed E-state index contributed by atoms with van der Waals surface area (Å²) in [5, 5.41) is 16.7. The summed E-state index contributed by atoms with van der Waals surface area (Å²) in [6, 6.07) is 7.06. The van der Waals surface area contributed by atoms with Crippen LogP contribution in [0.15, 0.2) is 36.7 Å². The summed E-state index contributed by atoms with van der Waals surface area (Å²) in [5.41, 5.74) is 4.11. The first-order valence-corrected chi connectivity index (χ1v) is 15.5. The van der Waals surface area contributed by atoms with Gasteiger partial charge in [0.2, 0.25) is 5.95 Å². The van der Waals surface area contributed by atoms with Crippen LogP contribution in [0.1, 0.15) is 47.8 Å². The number of aromatic nitrogens is 4. The van der Waals surface area contributed by atoms with Crippen molar-refractivity contribution in [3.8, 4) is 5.75 Å². The summed E-state index contributed by atoms with van der Waals surface area (Å²) in [4.78, 5) is 25.2. The molecule has 1 saturated heterocycles. The van der Waals surface area contributed by atoms with Crippen molar-refractivity contribution in [1.29, 1.82) is 0 Å². The molecule has 1 aliphatic rings. The van der Waals surface area contributed by atoms with Crippen molar-refractivity contribution in [3.05, 3.63) is 36.7 Å². The number of para-hydroxylation sites is 1. The number of imidazole rings is 1. The number of esters is 1. The molecule has 6 atom stereocenters. The standard InChI is InChI=1S/C27H39FN7O7P/c1-15(2)12-30-22-20-23(33-26(29)32-22)35(14-31-20)25-27(6,28)21(36)19(41-25)13-39-43(38,42-18-10-8-7-9-11-18)34-17(5)24(37)40-16(3)4/h7-11,14-17,19,21,25,36H,12-13H2,1-6H3,(H,34,38)(H3,29,30,32,33)/t17-,19+,21+,25+,27+,43?/m0/s1. The van der Waals surface area contributed by atoms with Crippen LogP contribution in [0.3, 0.4) is 0 Å². The second-order valence-corrected chi connectivity index (χ2v) is 12.9. The van der Waals surface area contributed by atoms with Gasteiger partial charge in [-0.05, 0) is 45.7 Å². The number of nitrogens with two attached hydrogens (primary N) is 1. The fourth-order valence-corrected chi connectivity index (χ4v) is 5.89. The Kier molecular flexibility index (Phi) is 9.92. The molecule has 0 aliphatic carbocycles. The molecule has 0 radical (unpaired) electrons. The van der Waals surface area contributed by atoms with Crippen molar-refractivity contribution in [2.45, 2.75) is 77.8 Å². The smallest absolute Gasteiger partial charge is 0.459 e. The maximum Gasteiger partial charge on any atom is 0.459 e. The van der Waals surface area contributed by atoms with Crippen molar-refractivity contribution in [2.75, 3.05) is 24.2 Å². The number of alkyl halides is 1. The molecule has 1 fully saturated rings. The van der Waals surface area contributed by atoms with E-state index in [0.717, 1.165) is 0 Å². The van der Waals surface area contributed by atoms with Crippen molar-refractivity contribution in [1.82, 2.24) is 24.6 Å². The molecule has 16 heteroatoms. The van der Waals surface area contributed by atoms with Gasteiger partial charge < -0.3 is 30.2 Å². The van der Waals surface area contributed by atoms with Crippen molar-refractivity contribution in [3.63, 3.8) is 0 Å². The minimum absolute atomic E-state index is 0.0605. The molecule has 1 aliphatic heterocycles. The van der Waals surface area contributed by atoms with Gasteiger partial charge in [0.05, 0.1) is 19.0 Å². The SMILES string of the molecule is CC(C)CNc1nc(N)nc2c1ncn2[C@@H]1O[C@H](COP(=O)(N[C@@H](C)C(=O)OC(C)C)Oc2ccccc2)[C@@H](O)[C@@]1(C)F. The summed E-state index contributed by atoms with van der Waals surface area (Å²) in [5.74, 6) is 0.128. The minimum atomic E-state index is -4.29. The number of carbonyl (C=O) groups is 1. The van der Waals surface area contributed by atoms with E-state index in [9.17, 15) is 14.5 Å². The number of fused-ring (bicyclic) bond motifs is 1. The lowest BCUT2D eigenvalue weighted by Gasteiger charge is -2.25. The molecule has 4 rings (SSSR count). The lowest BCUT2D eigenvalue weighted by Crippen LogP contribution is -2.41. The zero-order valence-electron chi connectivity index (χ0n) is 24.9. The molecule has 14 nitrogen and oxygen atoms in total. The summed E-state index contributed by atoms with van der Waals surface area (Å²) in [6.07, 6.45) is -3.51. The van der Waals surface area contributed by atoms with E-state index in [1.807, 2.05) is 13.8 Å². The van der Waals surface area contributed by atoms with Gasteiger partial charge in [-0.15, -0.1) is 0 Å². The van der Waals surface area contributed by atoms with E-state index in [2.05, 4.69) is 25.4 Å². The molecule has 2 aromatic heterocycles. The molecule has 1 aromatic carbocycles. The third-order valence-corrected chi connectivity index (χ3v) is 8.16. The first-order chi connectivity index (χ1) is 20.2. The Morgan fingerprint density at radius 2 is 1.93 bits per heavy atom. The van der Waals surface area contributed by atoms with E-state index in [0.29, 0.717) is 23.8 Å². The van der Waals surface area contributed by atoms with Crippen LogP contribution in [-0.4, -0.2) is 73.8 Å². The molecule has 0 saturated carbocycles. The van der Waals surface area contributed by atoms with E-state index in [4.69, 9.17) is 24.3 Å². The first kappa shape index (κ1) is 32.6. The molecule has 43 heavy (non-hydrogen) atoms. The molecule has 0 spiro atoms. The Hall–Kier alpha value is -3.36. The van der Waals surface area contributed by atoms with Gasteiger partial charge in [0.25, 0.3) is 0 Å². The number of anilines is 2. The lowest BCUT2D eigenvalue weighted by atomic mass is 9.98. The first-order valence-electron chi connectivity index (χ1n) is 13.9. The van der Waals surface area contributed by atoms with Crippen molar-refractivity contribution in [2.24, 2.45) is 5.92 Å². The molecule has 236 valence electrons. The van der Waals surface area contributed by atoms with Crippen LogP contribution in [0.4, 0.5) is 16.2 Å².